The number of nitrogens with zero attached hydrogens (tertiary/aromatic N) is 2. The Labute approximate surface area is 59.2 Å². The lowest BCUT2D eigenvalue weighted by atomic mass is 10.8. The summed E-state index contributed by atoms with van der Waals surface area (Å²) in [6.45, 7) is 0. The van der Waals surface area contributed by atoms with Gasteiger partial charge in [-0.25, -0.2) is 0 Å². The maximum atomic E-state index is 8.36. The Morgan fingerprint density at radius 1 is 1.40 bits per heavy atom. The van der Waals surface area contributed by atoms with Crippen molar-refractivity contribution in [2.45, 2.75) is 0 Å². The van der Waals surface area contributed by atoms with E-state index in [2.05, 4.69) is 4.76 Å². The zero-order valence-corrected chi connectivity index (χ0v) is 6.66. The third-order valence-corrected chi connectivity index (χ3v) is 1.17. The van der Waals surface area contributed by atoms with E-state index < -0.39 is 8.09 Å². The first-order valence-corrected chi connectivity index (χ1v) is 4.03. The normalized spacial score (nSPS) is 13.5. The zero-order valence-electron chi connectivity index (χ0n) is 5.76. The molecule has 0 saturated carbocycles. The van der Waals surface area contributed by atoms with Crippen LogP contribution in [0.15, 0.2) is 4.76 Å². The summed E-state index contributed by atoms with van der Waals surface area (Å²) >= 11 is 0. The van der Waals surface area contributed by atoms with Crippen molar-refractivity contribution in [3.8, 4) is 0 Å². The van der Waals surface area contributed by atoms with E-state index in [1.54, 1.807) is 14.1 Å². The van der Waals surface area contributed by atoms with E-state index in [0.717, 1.165) is 0 Å². The minimum atomic E-state index is -4.10. The fraction of sp³-hybridized carbons (Fsp3) is 0.667. The minimum Gasteiger partial charge on any atom is -0.367 e. The fourth-order valence-corrected chi connectivity index (χ4v) is 0.681. The molecule has 6 nitrogen and oxygen atoms in total. The van der Waals surface area contributed by atoms with Gasteiger partial charge in [-0.1, -0.05) is 0 Å². The van der Waals surface area contributed by atoms with Gasteiger partial charge in [-0.05, 0) is 4.76 Å². The molecule has 5 N–H and O–H groups in total. The van der Waals surface area contributed by atoms with Crippen LogP contribution >= 0.6 is 8.09 Å². The lowest BCUT2D eigenvalue weighted by Crippen LogP contribution is -2.30. The molecule has 0 aromatic heterocycles. The number of rotatable bonds is 1. The molecule has 0 saturated heterocycles. The van der Waals surface area contributed by atoms with Gasteiger partial charge < -0.3 is 10.6 Å². The van der Waals surface area contributed by atoms with Crippen molar-refractivity contribution in [2.75, 3.05) is 14.1 Å². The average Bonchev–Trinajstić information content (AvgIpc) is 1.60. The zero-order chi connectivity index (χ0) is 8.36. The van der Waals surface area contributed by atoms with Gasteiger partial charge in [0.15, 0.2) is 0 Å². The van der Waals surface area contributed by atoms with E-state index in [1.165, 1.54) is 4.90 Å². The van der Waals surface area contributed by atoms with E-state index in [9.17, 15) is 0 Å². The van der Waals surface area contributed by atoms with Gasteiger partial charge in [-0.2, -0.15) is 14.7 Å². The van der Waals surface area contributed by atoms with E-state index >= 15 is 0 Å². The van der Waals surface area contributed by atoms with Gasteiger partial charge in [0.25, 0.3) is 0 Å². The van der Waals surface area contributed by atoms with E-state index in [0.29, 0.717) is 0 Å². The molecule has 0 aliphatic rings. The van der Waals surface area contributed by atoms with Crippen LogP contribution in [0.5, 0.6) is 0 Å². The second-order valence-electron chi connectivity index (χ2n) is 1.89. The fourth-order valence-electron chi connectivity index (χ4n) is 0.227. The summed E-state index contributed by atoms with van der Waals surface area (Å²) in [5.41, 5.74) is 5.13. The molecule has 7 heteroatoms. The second-order valence-corrected chi connectivity index (χ2v) is 3.16. The molecule has 0 aliphatic carbocycles. The lowest BCUT2D eigenvalue weighted by molar-refractivity contribution is 0.332. The van der Waals surface area contributed by atoms with Gasteiger partial charge >= 0.3 is 8.09 Å². The van der Waals surface area contributed by atoms with E-state index in [1.807, 2.05) is 0 Å². The van der Waals surface area contributed by atoms with Crippen LogP contribution in [-0.4, -0.2) is 39.6 Å². The highest BCUT2D eigenvalue weighted by atomic mass is 31.2. The van der Waals surface area contributed by atoms with Crippen LogP contribution in [-0.2, 0) is 0 Å². The van der Waals surface area contributed by atoms with Gasteiger partial charge in [-0.3, -0.25) is 0 Å². The Morgan fingerprint density at radius 3 is 1.90 bits per heavy atom. The lowest BCUT2D eigenvalue weighted by Gasteiger charge is -2.08. The highest BCUT2D eigenvalue weighted by Crippen LogP contribution is 2.45. The number of hydrogen-bond donors (Lipinski definition) is 4. The Morgan fingerprint density at radius 2 is 1.80 bits per heavy atom. The molecule has 0 unspecified atom stereocenters. The molecular formula is C3H11N3O3P+. The van der Waals surface area contributed by atoms with Crippen molar-refractivity contribution in [2.24, 2.45) is 10.5 Å². The van der Waals surface area contributed by atoms with Crippen molar-refractivity contribution < 1.29 is 14.7 Å². The van der Waals surface area contributed by atoms with Crippen molar-refractivity contribution >= 4 is 14.1 Å². The second kappa shape index (κ2) is 3.12. The van der Waals surface area contributed by atoms with Crippen molar-refractivity contribution in [1.29, 1.82) is 0 Å². The highest BCUT2D eigenvalue weighted by Gasteiger charge is 2.30. The highest BCUT2D eigenvalue weighted by molar-refractivity contribution is 7.57. The predicted octanol–water partition coefficient (Wildman–Crippen LogP) is -1.48. The number of hydrogen-bond acceptors (Lipinski definition) is 4. The summed E-state index contributed by atoms with van der Waals surface area (Å²) in [6, 6.07) is 0. The smallest absolute Gasteiger partial charge is 0.367 e. The third-order valence-electron chi connectivity index (χ3n) is 0.695. The molecule has 0 aromatic rings. The van der Waals surface area contributed by atoms with Crippen LogP contribution in [0.1, 0.15) is 0 Å². The number of nitrogens with two attached hydrogens (primary N) is 1. The Hall–Kier alpha value is -0.420. The van der Waals surface area contributed by atoms with Crippen LogP contribution in [0, 0.1) is 0 Å². The first-order valence-electron chi connectivity index (χ1n) is 2.43. The molecule has 0 bridgehead atoms. The molecular weight excluding hydrogens is 157 g/mol. The van der Waals surface area contributed by atoms with E-state index in [4.69, 9.17) is 20.4 Å². The monoisotopic (exact) mass is 168 g/mol. The molecule has 0 atom stereocenters. The molecule has 0 radical (unpaired) electrons. The first kappa shape index (κ1) is 9.58. The van der Waals surface area contributed by atoms with Crippen LogP contribution in [0.3, 0.4) is 0 Å². The summed E-state index contributed by atoms with van der Waals surface area (Å²) in [7, 11) is -0.976. The quantitative estimate of drug-likeness (QED) is 0.217. The van der Waals surface area contributed by atoms with Gasteiger partial charge in [-0.15, -0.1) is 0 Å². The van der Waals surface area contributed by atoms with Gasteiger partial charge in [0.1, 0.15) is 0 Å². The predicted molar refractivity (Wildman–Crippen MR) is 38.9 cm³/mol. The van der Waals surface area contributed by atoms with Crippen LogP contribution < -0.4 is 5.73 Å². The molecule has 0 amide bonds. The van der Waals surface area contributed by atoms with E-state index in [-0.39, 0.29) is 5.96 Å². The summed E-state index contributed by atoms with van der Waals surface area (Å²) in [5, 5.41) is 0. The van der Waals surface area contributed by atoms with Crippen molar-refractivity contribution in [3.63, 3.8) is 0 Å². The maximum absolute atomic E-state index is 8.36. The van der Waals surface area contributed by atoms with Crippen LogP contribution in [0.2, 0.25) is 0 Å². The van der Waals surface area contributed by atoms with Gasteiger partial charge in [0, 0.05) is 14.1 Å². The molecule has 0 aliphatic heterocycles. The van der Waals surface area contributed by atoms with Gasteiger partial charge in [0.05, 0.1) is 0 Å². The summed E-state index contributed by atoms with van der Waals surface area (Å²) in [5.74, 6) is -0.124. The topological polar surface area (TPSA) is 102 Å². The standard InChI is InChI=1S/C3H11N3O3P/c1-6(2)3(4)5-10(7,8)9/h7-9H,1-2H3,(H2,4,5)/q+1. The van der Waals surface area contributed by atoms with Crippen molar-refractivity contribution in [3.05, 3.63) is 0 Å². The third kappa shape index (κ3) is 4.46. The molecule has 0 spiro atoms. The largest absolute Gasteiger partial charge is 0.549 e. The van der Waals surface area contributed by atoms with Gasteiger partial charge in [0.2, 0.25) is 5.96 Å². The molecule has 0 fully saturated rings. The number of guanidine groups is 1. The SMILES string of the molecule is CN(C)C(N)=N[P+](O)(O)O. The summed E-state index contributed by atoms with van der Waals surface area (Å²) in [6.07, 6.45) is 0. The Balaban J connectivity index is 4.17. The summed E-state index contributed by atoms with van der Waals surface area (Å²) in [4.78, 5) is 26.4. The van der Waals surface area contributed by atoms with Crippen LogP contribution in [0.4, 0.5) is 0 Å². The first-order chi connectivity index (χ1) is 4.33. The Kier molecular flexibility index (Phi) is 2.98. The molecule has 10 heavy (non-hydrogen) atoms. The molecule has 0 aromatic carbocycles. The summed E-state index contributed by atoms with van der Waals surface area (Å²) < 4.78 is 3.01. The molecule has 60 valence electrons. The van der Waals surface area contributed by atoms with Crippen LogP contribution in [0.25, 0.3) is 0 Å². The maximum Gasteiger partial charge on any atom is 0.549 e. The minimum absolute atomic E-state index is 0.124. The van der Waals surface area contributed by atoms with Crippen molar-refractivity contribution in [1.82, 2.24) is 4.90 Å². The average molecular weight is 168 g/mol. The molecule has 0 rings (SSSR count). The Bertz CT molecular complexity index is 140. The molecule has 0 heterocycles.